The van der Waals surface area contributed by atoms with Gasteiger partial charge in [-0.25, -0.2) is 13.6 Å². The molecule has 1 aliphatic rings. The molecule has 1 heterocycles. The SMILES string of the molecule is COc1ccccc1NC(=O)C1=C(C)N(C(C)C)C(=O)N[C@@H]1c1ccc(F)c(F)c1. The van der Waals surface area contributed by atoms with Crippen molar-refractivity contribution < 1.29 is 23.1 Å². The number of halogens is 2. The van der Waals surface area contributed by atoms with E-state index in [9.17, 15) is 18.4 Å². The van der Waals surface area contributed by atoms with Crippen LogP contribution in [0.4, 0.5) is 19.3 Å². The lowest BCUT2D eigenvalue weighted by Crippen LogP contribution is -2.50. The number of para-hydroxylation sites is 2. The zero-order valence-electron chi connectivity index (χ0n) is 17.1. The monoisotopic (exact) mass is 415 g/mol. The molecule has 2 N–H and O–H groups in total. The Balaban J connectivity index is 2.08. The number of benzene rings is 2. The molecule has 1 aliphatic heterocycles. The lowest BCUT2D eigenvalue weighted by atomic mass is 9.93. The van der Waals surface area contributed by atoms with Crippen molar-refractivity contribution >= 4 is 17.6 Å². The number of urea groups is 1. The van der Waals surface area contributed by atoms with Crippen molar-refractivity contribution in [2.75, 3.05) is 12.4 Å². The van der Waals surface area contributed by atoms with Gasteiger partial charge in [-0.1, -0.05) is 18.2 Å². The van der Waals surface area contributed by atoms with E-state index in [0.29, 0.717) is 17.1 Å². The molecule has 0 aliphatic carbocycles. The second kappa shape index (κ2) is 8.52. The first-order valence-corrected chi connectivity index (χ1v) is 9.44. The number of nitrogens with one attached hydrogen (secondary N) is 2. The van der Waals surface area contributed by atoms with E-state index in [0.717, 1.165) is 12.1 Å². The number of anilines is 1. The minimum Gasteiger partial charge on any atom is -0.495 e. The Hall–Kier alpha value is -3.42. The van der Waals surface area contributed by atoms with Crippen molar-refractivity contribution in [3.8, 4) is 5.75 Å². The van der Waals surface area contributed by atoms with Crippen molar-refractivity contribution in [3.05, 3.63) is 70.9 Å². The number of nitrogens with zero attached hydrogens (tertiary/aromatic N) is 1. The van der Waals surface area contributed by atoms with E-state index >= 15 is 0 Å². The van der Waals surface area contributed by atoms with E-state index in [1.54, 1.807) is 31.2 Å². The maximum Gasteiger partial charge on any atom is 0.322 e. The van der Waals surface area contributed by atoms with Gasteiger partial charge in [0.1, 0.15) is 5.75 Å². The normalized spacial score (nSPS) is 16.6. The van der Waals surface area contributed by atoms with Gasteiger partial charge in [0.05, 0.1) is 24.4 Å². The van der Waals surface area contributed by atoms with E-state index < -0.39 is 29.6 Å². The zero-order valence-corrected chi connectivity index (χ0v) is 17.1. The third kappa shape index (κ3) is 3.98. The summed E-state index contributed by atoms with van der Waals surface area (Å²) >= 11 is 0. The molecule has 0 spiro atoms. The first kappa shape index (κ1) is 21.3. The summed E-state index contributed by atoms with van der Waals surface area (Å²) in [6, 6.07) is 8.60. The molecule has 30 heavy (non-hydrogen) atoms. The molecule has 1 atom stereocenters. The Labute approximate surface area is 173 Å². The fraction of sp³-hybridized carbons (Fsp3) is 0.273. The van der Waals surface area contributed by atoms with Gasteiger partial charge >= 0.3 is 6.03 Å². The Morgan fingerprint density at radius 2 is 1.87 bits per heavy atom. The van der Waals surface area contributed by atoms with Crippen molar-refractivity contribution in [2.45, 2.75) is 32.9 Å². The minimum atomic E-state index is -1.06. The summed E-state index contributed by atoms with van der Waals surface area (Å²) in [4.78, 5) is 27.4. The number of carbonyl (C=O) groups is 2. The average molecular weight is 415 g/mol. The molecule has 8 heteroatoms. The Morgan fingerprint density at radius 1 is 1.17 bits per heavy atom. The summed E-state index contributed by atoms with van der Waals surface area (Å²) in [5, 5.41) is 5.53. The molecule has 0 fully saturated rings. The Kier molecular flexibility index (Phi) is 6.05. The Morgan fingerprint density at radius 3 is 2.50 bits per heavy atom. The smallest absolute Gasteiger partial charge is 0.322 e. The van der Waals surface area contributed by atoms with Gasteiger partial charge in [-0.3, -0.25) is 9.69 Å². The van der Waals surface area contributed by atoms with Crippen LogP contribution in [0.25, 0.3) is 0 Å². The van der Waals surface area contributed by atoms with Gasteiger partial charge < -0.3 is 15.4 Å². The molecule has 2 aromatic rings. The van der Waals surface area contributed by atoms with Crippen LogP contribution in [-0.2, 0) is 4.79 Å². The van der Waals surface area contributed by atoms with Crippen molar-refractivity contribution in [2.24, 2.45) is 0 Å². The fourth-order valence-electron chi connectivity index (χ4n) is 3.55. The molecular formula is C22H23F2N3O3. The summed E-state index contributed by atoms with van der Waals surface area (Å²) in [5.41, 5.74) is 1.36. The van der Waals surface area contributed by atoms with E-state index in [2.05, 4.69) is 10.6 Å². The van der Waals surface area contributed by atoms with Crippen LogP contribution >= 0.6 is 0 Å². The molecule has 0 saturated carbocycles. The highest BCUT2D eigenvalue weighted by molar-refractivity contribution is 6.07. The van der Waals surface area contributed by atoms with Gasteiger partial charge in [0, 0.05) is 11.7 Å². The van der Waals surface area contributed by atoms with Gasteiger partial charge in [-0.05, 0) is 50.6 Å². The highest BCUT2D eigenvalue weighted by atomic mass is 19.2. The molecule has 0 radical (unpaired) electrons. The van der Waals surface area contributed by atoms with E-state index in [1.807, 2.05) is 13.8 Å². The standard InChI is InChI=1S/C22H23F2N3O3/c1-12(2)27-13(3)19(21(28)25-17-7-5-6-8-18(17)30-4)20(26-22(27)29)14-9-10-15(23)16(24)11-14/h5-12,20H,1-4H3,(H,25,28)(H,26,29)/t20-/m1/s1. The summed E-state index contributed by atoms with van der Waals surface area (Å²) < 4.78 is 32.6. The van der Waals surface area contributed by atoms with E-state index in [-0.39, 0.29) is 17.2 Å². The number of hydrogen-bond acceptors (Lipinski definition) is 3. The van der Waals surface area contributed by atoms with Crippen molar-refractivity contribution in [1.82, 2.24) is 10.2 Å². The van der Waals surface area contributed by atoms with Crippen LogP contribution in [0.2, 0.25) is 0 Å². The number of methoxy groups -OCH3 is 1. The number of allylic oxidation sites excluding steroid dienone is 1. The summed E-state index contributed by atoms with van der Waals surface area (Å²) in [7, 11) is 1.49. The van der Waals surface area contributed by atoms with Gasteiger partial charge in [-0.15, -0.1) is 0 Å². The van der Waals surface area contributed by atoms with Crippen LogP contribution in [-0.4, -0.2) is 30.0 Å². The number of amides is 3. The fourth-order valence-corrected chi connectivity index (χ4v) is 3.55. The number of rotatable bonds is 5. The minimum absolute atomic E-state index is 0.218. The largest absolute Gasteiger partial charge is 0.495 e. The topological polar surface area (TPSA) is 70.7 Å². The number of carbonyl (C=O) groups excluding carboxylic acids is 2. The van der Waals surface area contributed by atoms with Crippen LogP contribution in [0.1, 0.15) is 32.4 Å². The predicted molar refractivity (Wildman–Crippen MR) is 109 cm³/mol. The maximum absolute atomic E-state index is 13.9. The number of ether oxygens (including phenoxy) is 1. The summed E-state index contributed by atoms with van der Waals surface area (Å²) in [6.07, 6.45) is 0. The van der Waals surface area contributed by atoms with Gasteiger partial charge in [-0.2, -0.15) is 0 Å². The van der Waals surface area contributed by atoms with Crippen LogP contribution < -0.4 is 15.4 Å². The second-order valence-corrected chi connectivity index (χ2v) is 7.17. The third-order valence-corrected chi connectivity index (χ3v) is 4.92. The third-order valence-electron chi connectivity index (χ3n) is 4.92. The molecule has 0 saturated heterocycles. The van der Waals surface area contributed by atoms with Gasteiger partial charge in [0.25, 0.3) is 5.91 Å². The highest BCUT2D eigenvalue weighted by Crippen LogP contribution is 2.34. The molecule has 3 amide bonds. The summed E-state index contributed by atoms with van der Waals surface area (Å²) in [5.74, 6) is -2.09. The van der Waals surface area contributed by atoms with E-state index in [4.69, 9.17) is 4.74 Å². The number of hydrogen-bond donors (Lipinski definition) is 2. The van der Waals surface area contributed by atoms with Gasteiger partial charge in [0.15, 0.2) is 11.6 Å². The maximum atomic E-state index is 13.9. The Bertz CT molecular complexity index is 1020. The molecule has 3 rings (SSSR count). The van der Waals surface area contributed by atoms with Crippen LogP contribution in [0, 0.1) is 11.6 Å². The molecule has 0 aromatic heterocycles. The quantitative estimate of drug-likeness (QED) is 0.762. The van der Waals surface area contributed by atoms with Crippen LogP contribution in [0.5, 0.6) is 5.75 Å². The van der Waals surface area contributed by atoms with Crippen molar-refractivity contribution in [3.63, 3.8) is 0 Å². The van der Waals surface area contributed by atoms with Crippen LogP contribution in [0.3, 0.4) is 0 Å². The molecule has 0 unspecified atom stereocenters. The molecule has 0 bridgehead atoms. The first-order valence-electron chi connectivity index (χ1n) is 9.44. The lowest BCUT2D eigenvalue weighted by molar-refractivity contribution is -0.113. The predicted octanol–water partition coefficient (Wildman–Crippen LogP) is 4.36. The molecular weight excluding hydrogens is 392 g/mol. The van der Waals surface area contributed by atoms with Crippen LogP contribution in [0.15, 0.2) is 53.7 Å². The van der Waals surface area contributed by atoms with Gasteiger partial charge in [0.2, 0.25) is 0 Å². The summed E-state index contributed by atoms with van der Waals surface area (Å²) in [6.45, 7) is 5.29. The highest BCUT2D eigenvalue weighted by Gasteiger charge is 2.37. The average Bonchev–Trinajstić information content (AvgIpc) is 2.69. The lowest BCUT2D eigenvalue weighted by Gasteiger charge is -2.38. The molecule has 2 aromatic carbocycles. The first-order chi connectivity index (χ1) is 14.2. The molecule has 158 valence electrons. The molecule has 6 nitrogen and oxygen atoms in total. The zero-order chi connectivity index (χ0) is 22.0. The second-order valence-electron chi connectivity index (χ2n) is 7.17. The van der Waals surface area contributed by atoms with Crippen molar-refractivity contribution in [1.29, 1.82) is 0 Å². The van der Waals surface area contributed by atoms with E-state index in [1.165, 1.54) is 18.1 Å².